The minimum absolute atomic E-state index is 0.0528. The third-order valence-electron chi connectivity index (χ3n) is 6.30. The van der Waals surface area contributed by atoms with Crippen molar-refractivity contribution in [3.05, 3.63) is 35.4 Å². The summed E-state index contributed by atoms with van der Waals surface area (Å²) in [6.07, 6.45) is 4.95. The summed E-state index contributed by atoms with van der Waals surface area (Å²) in [5.41, 5.74) is 0.288. The Hall–Kier alpha value is -3.10. The lowest BCUT2D eigenvalue weighted by Crippen LogP contribution is -2.33. The number of rotatable bonds is 10. The van der Waals surface area contributed by atoms with Crippen LogP contribution in [0.15, 0.2) is 18.7 Å². The molecule has 1 aliphatic rings. The summed E-state index contributed by atoms with van der Waals surface area (Å²) in [6.45, 7) is 3.58. The summed E-state index contributed by atoms with van der Waals surface area (Å²) in [4.78, 5) is 16.6. The van der Waals surface area contributed by atoms with E-state index in [-0.39, 0.29) is 35.1 Å². The Morgan fingerprint density at radius 1 is 1.06 bits per heavy atom. The summed E-state index contributed by atoms with van der Waals surface area (Å²) >= 11 is 5.87. The van der Waals surface area contributed by atoms with E-state index in [0.717, 1.165) is 12.8 Å². The van der Waals surface area contributed by atoms with E-state index in [1.807, 2.05) is 0 Å². The van der Waals surface area contributed by atoms with Crippen molar-refractivity contribution in [2.45, 2.75) is 44.0 Å². The van der Waals surface area contributed by atoms with E-state index >= 15 is 0 Å². The SMILES string of the molecule is COc1ncnc(OC)c1-n1c(NS(=O)(=O)[C@@H](C)[C@H](OC)c2ncc(Cl)cn2)nnc1[C@H]1CC[C@H]1C. The molecule has 1 aliphatic carbocycles. The molecule has 0 radical (unpaired) electrons. The summed E-state index contributed by atoms with van der Waals surface area (Å²) in [6, 6.07) is 0. The van der Waals surface area contributed by atoms with Crippen molar-refractivity contribution in [1.82, 2.24) is 34.7 Å². The van der Waals surface area contributed by atoms with Crippen LogP contribution in [0, 0.1) is 5.92 Å². The normalized spacial score (nSPS) is 19.3. The molecule has 15 heteroatoms. The molecule has 0 amide bonds. The fraction of sp³-hybridized carbons (Fsp3) is 0.524. The van der Waals surface area contributed by atoms with Crippen molar-refractivity contribution >= 4 is 27.6 Å². The number of ether oxygens (including phenoxy) is 3. The van der Waals surface area contributed by atoms with Crippen molar-refractivity contribution in [2.75, 3.05) is 26.1 Å². The van der Waals surface area contributed by atoms with Crippen LogP contribution in [0.3, 0.4) is 0 Å². The maximum atomic E-state index is 13.5. The van der Waals surface area contributed by atoms with Crippen molar-refractivity contribution < 1.29 is 22.6 Å². The number of anilines is 1. The number of hydrogen-bond donors (Lipinski definition) is 1. The number of methoxy groups -OCH3 is 3. The van der Waals surface area contributed by atoms with Gasteiger partial charge in [0.25, 0.3) is 0 Å². The Morgan fingerprint density at radius 2 is 1.69 bits per heavy atom. The molecule has 0 saturated heterocycles. The topological polar surface area (TPSA) is 156 Å². The van der Waals surface area contributed by atoms with Crippen molar-refractivity contribution in [3.8, 4) is 17.4 Å². The minimum atomic E-state index is -4.10. The molecule has 13 nitrogen and oxygen atoms in total. The van der Waals surface area contributed by atoms with Gasteiger partial charge in [-0.05, 0) is 25.7 Å². The van der Waals surface area contributed by atoms with Gasteiger partial charge < -0.3 is 14.2 Å². The molecule has 0 spiro atoms. The number of nitrogens with zero attached hydrogens (tertiary/aromatic N) is 7. The Kier molecular flexibility index (Phi) is 7.57. The van der Waals surface area contributed by atoms with Gasteiger partial charge in [-0.15, -0.1) is 10.2 Å². The fourth-order valence-electron chi connectivity index (χ4n) is 4.07. The first-order chi connectivity index (χ1) is 17.2. The molecule has 1 saturated carbocycles. The summed E-state index contributed by atoms with van der Waals surface area (Å²) < 4.78 is 47.5. The summed E-state index contributed by atoms with van der Waals surface area (Å²) in [5, 5.41) is 7.73. The van der Waals surface area contributed by atoms with Crippen LogP contribution >= 0.6 is 11.6 Å². The van der Waals surface area contributed by atoms with Gasteiger partial charge in [0.2, 0.25) is 27.7 Å². The fourth-order valence-corrected chi connectivity index (χ4v) is 5.30. The van der Waals surface area contributed by atoms with Crippen molar-refractivity contribution in [2.24, 2.45) is 5.92 Å². The molecule has 4 atom stereocenters. The maximum absolute atomic E-state index is 13.5. The first-order valence-electron chi connectivity index (χ1n) is 11.1. The number of aromatic nitrogens is 7. The maximum Gasteiger partial charge on any atom is 0.245 e. The van der Waals surface area contributed by atoms with Crippen LogP contribution in [0.5, 0.6) is 11.8 Å². The third-order valence-corrected chi connectivity index (χ3v) is 8.19. The van der Waals surface area contributed by atoms with Crippen LogP contribution in [-0.4, -0.2) is 69.7 Å². The molecule has 3 aromatic heterocycles. The highest BCUT2D eigenvalue weighted by molar-refractivity contribution is 7.93. The molecular formula is C21H27ClN8O5S. The lowest BCUT2D eigenvalue weighted by molar-refractivity contribution is 0.0950. The molecule has 0 aliphatic heterocycles. The Bertz CT molecular complexity index is 1300. The van der Waals surface area contributed by atoms with E-state index < -0.39 is 21.4 Å². The van der Waals surface area contributed by atoms with Crippen LogP contribution in [0.1, 0.15) is 50.4 Å². The van der Waals surface area contributed by atoms with Crippen molar-refractivity contribution in [3.63, 3.8) is 0 Å². The first kappa shape index (κ1) is 26.0. The Labute approximate surface area is 213 Å². The minimum Gasteiger partial charge on any atom is -0.479 e. The molecule has 3 aromatic rings. The predicted octanol–water partition coefficient (Wildman–Crippen LogP) is 2.55. The molecule has 36 heavy (non-hydrogen) atoms. The lowest BCUT2D eigenvalue weighted by atomic mass is 9.74. The van der Waals surface area contributed by atoms with Gasteiger partial charge in [-0.3, -0.25) is 9.29 Å². The number of nitrogens with one attached hydrogen (secondary N) is 1. The molecular weight excluding hydrogens is 512 g/mol. The zero-order chi connectivity index (χ0) is 26.0. The number of sulfonamides is 1. The van der Waals surface area contributed by atoms with E-state index in [0.29, 0.717) is 16.8 Å². The largest absolute Gasteiger partial charge is 0.479 e. The number of hydrogen-bond acceptors (Lipinski definition) is 11. The van der Waals surface area contributed by atoms with Gasteiger partial charge in [0, 0.05) is 25.4 Å². The molecule has 0 aromatic carbocycles. The van der Waals surface area contributed by atoms with Gasteiger partial charge in [0.15, 0.2) is 11.5 Å². The highest BCUT2D eigenvalue weighted by Crippen LogP contribution is 2.44. The first-order valence-corrected chi connectivity index (χ1v) is 13.0. The van der Waals surface area contributed by atoms with E-state index in [2.05, 4.69) is 41.8 Å². The Morgan fingerprint density at radius 3 is 2.19 bits per heavy atom. The van der Waals surface area contributed by atoms with Gasteiger partial charge >= 0.3 is 0 Å². The smallest absolute Gasteiger partial charge is 0.245 e. The van der Waals surface area contributed by atoms with Crippen LogP contribution in [0.25, 0.3) is 5.69 Å². The monoisotopic (exact) mass is 538 g/mol. The predicted molar refractivity (Wildman–Crippen MR) is 130 cm³/mol. The zero-order valence-corrected chi connectivity index (χ0v) is 22.0. The molecule has 0 unspecified atom stereocenters. The second kappa shape index (κ2) is 10.5. The van der Waals surface area contributed by atoms with Crippen LogP contribution in [-0.2, 0) is 14.8 Å². The van der Waals surface area contributed by atoms with Crippen LogP contribution in [0.2, 0.25) is 5.02 Å². The summed E-state index contributed by atoms with van der Waals surface area (Å²) in [5.74, 6) is 1.39. The second-order valence-corrected chi connectivity index (χ2v) is 10.9. The number of halogens is 1. The molecule has 1 fully saturated rings. The standard InChI is InChI=1S/C21H27ClN8O5S/c1-11-6-7-14(11)18-27-28-21(30(18)15-19(34-4)25-10-26-20(15)35-5)29-36(31,32)12(2)16(33-3)17-23-8-13(22)9-24-17/h8-12,14,16H,6-7H2,1-5H3,(H,28,29)/t11-,12+,14+,16+/m1/s1. The Balaban J connectivity index is 1.78. The van der Waals surface area contributed by atoms with E-state index in [1.165, 1.54) is 47.0 Å². The zero-order valence-electron chi connectivity index (χ0n) is 20.4. The highest BCUT2D eigenvalue weighted by Gasteiger charge is 2.38. The third kappa shape index (κ3) is 4.80. The average Bonchev–Trinajstić information content (AvgIpc) is 3.24. The molecule has 1 N–H and O–H groups in total. The van der Waals surface area contributed by atoms with Crippen LogP contribution in [0.4, 0.5) is 5.95 Å². The van der Waals surface area contributed by atoms with Gasteiger partial charge in [-0.25, -0.2) is 18.4 Å². The second-order valence-electron chi connectivity index (χ2n) is 8.39. The van der Waals surface area contributed by atoms with Gasteiger partial charge in [0.1, 0.15) is 23.5 Å². The molecule has 3 heterocycles. The molecule has 4 rings (SSSR count). The van der Waals surface area contributed by atoms with E-state index in [9.17, 15) is 8.42 Å². The lowest BCUT2D eigenvalue weighted by Gasteiger charge is -2.33. The molecule has 194 valence electrons. The van der Waals surface area contributed by atoms with E-state index in [1.54, 1.807) is 4.57 Å². The van der Waals surface area contributed by atoms with Gasteiger partial charge in [-0.1, -0.05) is 18.5 Å². The van der Waals surface area contributed by atoms with Gasteiger partial charge in [-0.2, -0.15) is 9.97 Å². The van der Waals surface area contributed by atoms with E-state index in [4.69, 9.17) is 25.8 Å². The van der Waals surface area contributed by atoms with Gasteiger partial charge in [0.05, 0.1) is 19.2 Å². The summed E-state index contributed by atoms with van der Waals surface area (Å²) in [7, 11) is 0.172. The highest BCUT2D eigenvalue weighted by atomic mass is 35.5. The molecule has 0 bridgehead atoms. The van der Waals surface area contributed by atoms with Crippen molar-refractivity contribution in [1.29, 1.82) is 0 Å². The van der Waals surface area contributed by atoms with Crippen LogP contribution < -0.4 is 14.2 Å². The average molecular weight is 539 g/mol. The quantitative estimate of drug-likeness (QED) is 0.404.